The maximum Gasteiger partial charge on any atom is 0.253 e. The Bertz CT molecular complexity index is 637. The number of methoxy groups -OCH3 is 1. The van der Waals surface area contributed by atoms with Crippen molar-refractivity contribution in [1.29, 1.82) is 0 Å². The first-order chi connectivity index (χ1) is 11.5. The number of hydrogen-bond donors (Lipinski definition) is 1. The second-order valence-electron chi connectivity index (χ2n) is 6.12. The van der Waals surface area contributed by atoms with Gasteiger partial charge in [-0.15, -0.1) is 0 Å². The van der Waals surface area contributed by atoms with E-state index in [1.807, 2.05) is 7.05 Å². The van der Waals surface area contributed by atoms with Gasteiger partial charge in [0.1, 0.15) is 0 Å². The summed E-state index contributed by atoms with van der Waals surface area (Å²) in [5.41, 5.74) is 0.513. The Morgan fingerprint density at radius 2 is 1.83 bits per heavy atom. The summed E-state index contributed by atoms with van der Waals surface area (Å²) in [6.07, 6.45) is 5.64. The SMILES string of the molecule is COCCNS(=O)(=O)c1ccc(C(=O)N(C)C2CCCCC2)cc1. The van der Waals surface area contributed by atoms with Crippen molar-refractivity contribution >= 4 is 15.9 Å². The fourth-order valence-corrected chi connectivity index (χ4v) is 3.99. The molecule has 1 fully saturated rings. The summed E-state index contributed by atoms with van der Waals surface area (Å²) in [7, 11) is -0.231. The average molecular weight is 354 g/mol. The molecule has 0 aromatic heterocycles. The van der Waals surface area contributed by atoms with Crippen molar-refractivity contribution in [1.82, 2.24) is 9.62 Å². The molecule has 0 aliphatic heterocycles. The van der Waals surface area contributed by atoms with Gasteiger partial charge in [0.25, 0.3) is 5.91 Å². The Morgan fingerprint density at radius 3 is 2.42 bits per heavy atom. The summed E-state index contributed by atoms with van der Waals surface area (Å²) in [5.74, 6) is -0.0572. The van der Waals surface area contributed by atoms with Crippen molar-refractivity contribution in [3.05, 3.63) is 29.8 Å². The number of hydrogen-bond acceptors (Lipinski definition) is 4. The standard InChI is InChI=1S/C17H26N2O4S/c1-19(15-6-4-3-5-7-15)17(20)14-8-10-16(11-9-14)24(21,22)18-12-13-23-2/h8-11,15,18H,3-7,12-13H2,1-2H3. The van der Waals surface area contributed by atoms with Gasteiger partial charge in [-0.3, -0.25) is 4.79 Å². The number of benzene rings is 1. The van der Waals surface area contributed by atoms with Crippen molar-refractivity contribution in [2.75, 3.05) is 27.3 Å². The molecular formula is C17H26N2O4S. The molecule has 0 radical (unpaired) electrons. The number of ether oxygens (including phenoxy) is 1. The average Bonchev–Trinajstić information content (AvgIpc) is 2.61. The maximum absolute atomic E-state index is 12.6. The van der Waals surface area contributed by atoms with Crippen LogP contribution in [0.25, 0.3) is 0 Å². The summed E-state index contributed by atoms with van der Waals surface area (Å²) in [4.78, 5) is 14.5. The molecule has 1 aliphatic rings. The predicted octanol–water partition coefficient (Wildman–Crippen LogP) is 2.02. The van der Waals surface area contributed by atoms with E-state index in [1.54, 1.807) is 17.0 Å². The zero-order chi connectivity index (χ0) is 17.6. The van der Waals surface area contributed by atoms with Crippen LogP contribution in [0.5, 0.6) is 0 Å². The molecule has 24 heavy (non-hydrogen) atoms. The normalized spacial score (nSPS) is 16.1. The molecule has 0 heterocycles. The Balaban J connectivity index is 2.04. The monoisotopic (exact) mass is 354 g/mol. The topological polar surface area (TPSA) is 75.7 Å². The fraction of sp³-hybridized carbons (Fsp3) is 0.588. The quantitative estimate of drug-likeness (QED) is 0.760. The fourth-order valence-electron chi connectivity index (χ4n) is 2.98. The van der Waals surface area contributed by atoms with Gasteiger partial charge in [-0.05, 0) is 37.1 Å². The number of sulfonamides is 1. The van der Waals surface area contributed by atoms with Gasteiger partial charge in [-0.25, -0.2) is 13.1 Å². The zero-order valence-electron chi connectivity index (χ0n) is 14.3. The summed E-state index contributed by atoms with van der Waals surface area (Å²) in [5, 5.41) is 0. The Hall–Kier alpha value is -1.44. The molecule has 1 amide bonds. The van der Waals surface area contributed by atoms with E-state index in [1.165, 1.54) is 25.7 Å². The van der Waals surface area contributed by atoms with Crippen molar-refractivity contribution < 1.29 is 17.9 Å². The molecule has 7 heteroatoms. The lowest BCUT2D eigenvalue weighted by Crippen LogP contribution is -2.38. The summed E-state index contributed by atoms with van der Waals surface area (Å²) < 4.78 is 31.5. The van der Waals surface area contributed by atoms with E-state index in [0.29, 0.717) is 12.2 Å². The second-order valence-corrected chi connectivity index (χ2v) is 7.89. The molecule has 2 rings (SSSR count). The van der Waals surface area contributed by atoms with Crippen LogP contribution in [0.1, 0.15) is 42.5 Å². The molecule has 6 nitrogen and oxygen atoms in total. The van der Waals surface area contributed by atoms with Crippen LogP contribution < -0.4 is 4.72 Å². The smallest absolute Gasteiger partial charge is 0.253 e. The first kappa shape index (κ1) is 18.9. The molecule has 1 aromatic rings. The van der Waals surface area contributed by atoms with Crippen molar-refractivity contribution in [2.24, 2.45) is 0 Å². The van der Waals surface area contributed by atoms with Gasteiger partial charge >= 0.3 is 0 Å². The van der Waals surface area contributed by atoms with Crippen molar-refractivity contribution in [2.45, 2.75) is 43.0 Å². The van der Waals surface area contributed by atoms with Crippen LogP contribution in [-0.2, 0) is 14.8 Å². The van der Waals surface area contributed by atoms with Gasteiger partial charge in [-0.1, -0.05) is 19.3 Å². The molecule has 1 saturated carbocycles. The number of nitrogens with zero attached hydrogens (tertiary/aromatic N) is 1. The van der Waals surface area contributed by atoms with Gasteiger partial charge in [0.2, 0.25) is 10.0 Å². The third kappa shape index (κ3) is 4.78. The maximum atomic E-state index is 12.6. The summed E-state index contributed by atoms with van der Waals surface area (Å²) >= 11 is 0. The molecule has 1 N–H and O–H groups in total. The highest BCUT2D eigenvalue weighted by Gasteiger charge is 2.23. The molecular weight excluding hydrogens is 328 g/mol. The van der Waals surface area contributed by atoms with Crippen LogP contribution in [0.15, 0.2) is 29.2 Å². The summed E-state index contributed by atoms with van der Waals surface area (Å²) in [6.45, 7) is 0.520. The van der Waals surface area contributed by atoms with E-state index in [-0.39, 0.29) is 23.4 Å². The minimum Gasteiger partial charge on any atom is -0.383 e. The van der Waals surface area contributed by atoms with Gasteiger partial charge in [-0.2, -0.15) is 0 Å². The lowest BCUT2D eigenvalue weighted by atomic mass is 9.94. The van der Waals surface area contributed by atoms with Crippen molar-refractivity contribution in [3.63, 3.8) is 0 Å². The van der Waals surface area contributed by atoms with Gasteiger partial charge in [0, 0.05) is 32.3 Å². The van der Waals surface area contributed by atoms with Crippen LogP contribution in [0, 0.1) is 0 Å². The van der Waals surface area contributed by atoms with E-state index in [0.717, 1.165) is 25.7 Å². The zero-order valence-corrected chi connectivity index (χ0v) is 15.1. The van der Waals surface area contributed by atoms with Crippen LogP contribution in [-0.4, -0.2) is 52.6 Å². The Labute approximate surface area is 144 Å². The van der Waals surface area contributed by atoms with Gasteiger partial charge < -0.3 is 9.64 Å². The molecule has 134 valence electrons. The van der Waals surface area contributed by atoms with Crippen LogP contribution in [0.2, 0.25) is 0 Å². The third-order valence-corrected chi connectivity index (χ3v) is 5.93. The number of carbonyl (C=O) groups excluding carboxylic acids is 1. The minimum atomic E-state index is -3.57. The van der Waals surface area contributed by atoms with E-state index in [4.69, 9.17) is 4.74 Å². The van der Waals surface area contributed by atoms with E-state index < -0.39 is 10.0 Å². The highest BCUT2D eigenvalue weighted by atomic mass is 32.2. The molecule has 1 aromatic carbocycles. The lowest BCUT2D eigenvalue weighted by molar-refractivity contribution is 0.0696. The largest absolute Gasteiger partial charge is 0.383 e. The first-order valence-corrected chi connectivity index (χ1v) is 9.80. The van der Waals surface area contributed by atoms with E-state index in [2.05, 4.69) is 4.72 Å². The molecule has 1 aliphatic carbocycles. The van der Waals surface area contributed by atoms with Crippen LogP contribution in [0.3, 0.4) is 0 Å². The van der Waals surface area contributed by atoms with Crippen LogP contribution in [0.4, 0.5) is 0 Å². The van der Waals surface area contributed by atoms with Crippen LogP contribution >= 0.6 is 0 Å². The van der Waals surface area contributed by atoms with E-state index >= 15 is 0 Å². The second kappa shape index (κ2) is 8.60. The first-order valence-electron chi connectivity index (χ1n) is 8.31. The molecule has 0 saturated heterocycles. The van der Waals surface area contributed by atoms with Crippen molar-refractivity contribution in [3.8, 4) is 0 Å². The predicted molar refractivity (Wildman–Crippen MR) is 92.5 cm³/mol. The minimum absolute atomic E-state index is 0.0572. The van der Waals surface area contributed by atoms with E-state index in [9.17, 15) is 13.2 Å². The molecule has 0 bridgehead atoms. The third-order valence-electron chi connectivity index (χ3n) is 4.45. The Morgan fingerprint density at radius 1 is 1.21 bits per heavy atom. The number of amides is 1. The summed E-state index contributed by atoms with van der Waals surface area (Å²) in [6, 6.07) is 6.37. The number of nitrogens with one attached hydrogen (secondary N) is 1. The molecule has 0 spiro atoms. The molecule has 0 unspecified atom stereocenters. The van der Waals surface area contributed by atoms with Gasteiger partial charge in [0.15, 0.2) is 0 Å². The highest BCUT2D eigenvalue weighted by molar-refractivity contribution is 7.89. The number of rotatable bonds is 7. The number of carbonyl (C=O) groups is 1. The van der Waals surface area contributed by atoms with Gasteiger partial charge in [0.05, 0.1) is 11.5 Å². The highest BCUT2D eigenvalue weighted by Crippen LogP contribution is 2.23. The lowest BCUT2D eigenvalue weighted by Gasteiger charge is -2.31. The molecule has 0 atom stereocenters. The Kier molecular flexibility index (Phi) is 6.77.